The topological polar surface area (TPSA) is 107 Å². The molecule has 0 aliphatic carbocycles. The lowest BCUT2D eigenvalue weighted by Crippen LogP contribution is -2.42. The Bertz CT molecular complexity index is 686. The van der Waals surface area contributed by atoms with E-state index >= 15 is 0 Å². The largest absolute Gasteiger partial charge is 0.466 e. The summed E-state index contributed by atoms with van der Waals surface area (Å²) in [6.45, 7) is 2.34. The van der Waals surface area contributed by atoms with Gasteiger partial charge in [0.15, 0.2) is 0 Å². The van der Waals surface area contributed by atoms with Crippen LogP contribution in [0.25, 0.3) is 0 Å². The van der Waals surface area contributed by atoms with Gasteiger partial charge in [0.05, 0.1) is 22.3 Å². The lowest BCUT2D eigenvalue weighted by Gasteiger charge is -2.30. The average molecular weight is 342 g/mol. The van der Waals surface area contributed by atoms with Crippen LogP contribution >= 0.6 is 0 Å². The lowest BCUT2D eigenvalue weighted by atomic mass is 10.0. The Labute approximate surface area is 134 Å². The van der Waals surface area contributed by atoms with Gasteiger partial charge >= 0.3 is 5.97 Å². The number of piperidine rings is 1. The molecule has 0 bridgehead atoms. The van der Waals surface area contributed by atoms with Gasteiger partial charge < -0.3 is 4.74 Å². The second-order valence-corrected chi connectivity index (χ2v) is 7.14. The quantitative estimate of drug-likeness (QED) is 0.456. The number of rotatable bonds is 5. The van der Waals surface area contributed by atoms with Crippen molar-refractivity contribution < 1.29 is 22.9 Å². The highest BCUT2D eigenvalue weighted by atomic mass is 32.2. The molecule has 1 aromatic rings. The molecule has 8 nitrogen and oxygen atoms in total. The minimum absolute atomic E-state index is 0.0207. The Morgan fingerprint density at radius 2 is 2.04 bits per heavy atom. The van der Waals surface area contributed by atoms with Crippen LogP contribution in [-0.2, 0) is 19.6 Å². The number of nitro benzene ring substituents is 1. The molecule has 2 rings (SSSR count). The third-order valence-electron chi connectivity index (χ3n) is 3.69. The first kappa shape index (κ1) is 17.4. The zero-order valence-electron chi connectivity index (χ0n) is 12.7. The predicted octanol–water partition coefficient (Wildman–Crippen LogP) is 1.56. The maximum Gasteiger partial charge on any atom is 0.310 e. The molecule has 1 atom stereocenters. The zero-order chi connectivity index (χ0) is 17.0. The van der Waals surface area contributed by atoms with Crippen molar-refractivity contribution in [1.29, 1.82) is 0 Å². The Morgan fingerprint density at radius 3 is 2.61 bits per heavy atom. The third kappa shape index (κ3) is 3.85. The molecule has 0 amide bonds. The number of ether oxygens (including phenoxy) is 1. The Kier molecular flexibility index (Phi) is 5.32. The fraction of sp³-hybridized carbons (Fsp3) is 0.500. The molecule has 0 saturated carbocycles. The summed E-state index contributed by atoms with van der Waals surface area (Å²) in [6, 6.07) is 4.72. The van der Waals surface area contributed by atoms with E-state index in [1.54, 1.807) is 6.92 Å². The summed E-state index contributed by atoms with van der Waals surface area (Å²) in [5.74, 6) is -0.868. The molecule has 1 heterocycles. The normalized spacial score (nSPS) is 19.3. The fourth-order valence-corrected chi connectivity index (χ4v) is 4.03. The third-order valence-corrected chi connectivity index (χ3v) is 5.57. The van der Waals surface area contributed by atoms with Crippen LogP contribution in [0.1, 0.15) is 19.8 Å². The van der Waals surface area contributed by atoms with Crippen LogP contribution < -0.4 is 0 Å². The van der Waals surface area contributed by atoms with Gasteiger partial charge in [-0.2, -0.15) is 4.31 Å². The molecule has 0 N–H and O–H groups in total. The van der Waals surface area contributed by atoms with Crippen molar-refractivity contribution >= 4 is 21.7 Å². The highest BCUT2D eigenvalue weighted by Crippen LogP contribution is 2.25. The van der Waals surface area contributed by atoms with E-state index in [0.717, 1.165) is 12.1 Å². The SMILES string of the molecule is CCOC(=O)C1CCCN(S(=O)(=O)c2ccc([N+](=O)[O-])cc2)C1. The highest BCUT2D eigenvalue weighted by molar-refractivity contribution is 7.89. The average Bonchev–Trinajstić information content (AvgIpc) is 2.55. The molecule has 1 fully saturated rings. The van der Waals surface area contributed by atoms with Crippen LogP contribution in [0, 0.1) is 16.0 Å². The summed E-state index contributed by atoms with van der Waals surface area (Å²) in [6.07, 6.45) is 1.15. The van der Waals surface area contributed by atoms with Crippen LogP contribution in [0.4, 0.5) is 5.69 Å². The maximum atomic E-state index is 12.6. The molecule has 1 aliphatic heterocycles. The van der Waals surface area contributed by atoms with Crippen molar-refractivity contribution in [3.05, 3.63) is 34.4 Å². The predicted molar refractivity (Wildman–Crippen MR) is 81.2 cm³/mol. The number of esters is 1. The first-order valence-electron chi connectivity index (χ1n) is 7.27. The minimum atomic E-state index is -3.78. The van der Waals surface area contributed by atoms with Gasteiger partial charge in [0.25, 0.3) is 5.69 Å². The van der Waals surface area contributed by atoms with Gasteiger partial charge in [-0.15, -0.1) is 0 Å². The summed E-state index contributed by atoms with van der Waals surface area (Å²) in [7, 11) is -3.78. The molecular weight excluding hydrogens is 324 g/mol. The van der Waals surface area contributed by atoms with Gasteiger partial charge in [0, 0.05) is 25.2 Å². The second kappa shape index (κ2) is 7.05. The number of nitro groups is 1. The fourth-order valence-electron chi connectivity index (χ4n) is 2.50. The molecular formula is C14H18N2O6S. The molecule has 126 valence electrons. The number of carbonyl (C=O) groups excluding carboxylic acids is 1. The number of sulfonamides is 1. The van der Waals surface area contributed by atoms with Crippen molar-refractivity contribution in [2.45, 2.75) is 24.7 Å². The van der Waals surface area contributed by atoms with Crippen molar-refractivity contribution in [2.24, 2.45) is 5.92 Å². The summed E-state index contributed by atoms with van der Waals surface area (Å²) >= 11 is 0. The maximum absolute atomic E-state index is 12.6. The monoisotopic (exact) mass is 342 g/mol. The van der Waals surface area contributed by atoms with Gasteiger partial charge in [-0.05, 0) is 31.9 Å². The number of hydrogen-bond donors (Lipinski definition) is 0. The number of carbonyl (C=O) groups is 1. The Morgan fingerprint density at radius 1 is 1.39 bits per heavy atom. The molecule has 0 spiro atoms. The second-order valence-electron chi connectivity index (χ2n) is 5.21. The molecule has 23 heavy (non-hydrogen) atoms. The molecule has 1 aromatic carbocycles. The number of hydrogen-bond acceptors (Lipinski definition) is 6. The van der Waals surface area contributed by atoms with Crippen LogP contribution in [0.2, 0.25) is 0 Å². The molecule has 0 radical (unpaired) electrons. The van der Waals surface area contributed by atoms with E-state index in [1.807, 2.05) is 0 Å². The zero-order valence-corrected chi connectivity index (χ0v) is 13.5. The first-order valence-corrected chi connectivity index (χ1v) is 8.71. The standard InChI is InChI=1S/C14H18N2O6S/c1-2-22-14(17)11-4-3-9-15(10-11)23(20,21)13-7-5-12(6-8-13)16(18)19/h5-8,11H,2-4,9-10H2,1H3. The molecule has 1 saturated heterocycles. The summed E-state index contributed by atoms with van der Waals surface area (Å²) in [5, 5.41) is 10.6. The highest BCUT2D eigenvalue weighted by Gasteiger charge is 2.34. The van der Waals surface area contributed by atoms with E-state index < -0.39 is 26.8 Å². The van der Waals surface area contributed by atoms with Crippen molar-refractivity contribution in [2.75, 3.05) is 19.7 Å². The van der Waals surface area contributed by atoms with E-state index in [4.69, 9.17) is 4.74 Å². The van der Waals surface area contributed by atoms with Crippen molar-refractivity contribution in [3.63, 3.8) is 0 Å². The van der Waals surface area contributed by atoms with Gasteiger partial charge in [0.2, 0.25) is 10.0 Å². The van der Waals surface area contributed by atoms with Crippen LogP contribution in [0.5, 0.6) is 0 Å². The van der Waals surface area contributed by atoms with E-state index in [1.165, 1.54) is 16.4 Å². The number of nitrogens with zero attached hydrogens (tertiary/aromatic N) is 2. The number of non-ortho nitro benzene ring substituents is 1. The Balaban J connectivity index is 2.18. The molecule has 1 unspecified atom stereocenters. The van der Waals surface area contributed by atoms with E-state index in [-0.39, 0.29) is 23.7 Å². The lowest BCUT2D eigenvalue weighted by molar-refractivity contribution is -0.384. The Hall–Kier alpha value is -2.00. The van der Waals surface area contributed by atoms with Crippen LogP contribution in [0.3, 0.4) is 0 Å². The van der Waals surface area contributed by atoms with Crippen LogP contribution in [0.15, 0.2) is 29.2 Å². The van der Waals surface area contributed by atoms with Gasteiger partial charge in [-0.3, -0.25) is 14.9 Å². The van der Waals surface area contributed by atoms with Crippen molar-refractivity contribution in [1.82, 2.24) is 4.31 Å². The minimum Gasteiger partial charge on any atom is -0.466 e. The summed E-state index contributed by atoms with van der Waals surface area (Å²) in [5.41, 5.74) is -0.174. The van der Waals surface area contributed by atoms with Crippen LogP contribution in [-0.4, -0.2) is 43.3 Å². The molecule has 1 aliphatic rings. The smallest absolute Gasteiger partial charge is 0.310 e. The first-order chi connectivity index (χ1) is 10.9. The molecule has 0 aromatic heterocycles. The van der Waals surface area contributed by atoms with Gasteiger partial charge in [0.1, 0.15) is 0 Å². The van der Waals surface area contributed by atoms with Gasteiger partial charge in [-0.25, -0.2) is 8.42 Å². The van der Waals surface area contributed by atoms with Gasteiger partial charge in [-0.1, -0.05) is 0 Å². The number of benzene rings is 1. The van der Waals surface area contributed by atoms with E-state index in [0.29, 0.717) is 19.4 Å². The summed E-state index contributed by atoms with van der Waals surface area (Å²) < 4.78 is 31.4. The van der Waals surface area contributed by atoms with E-state index in [9.17, 15) is 23.3 Å². The van der Waals surface area contributed by atoms with E-state index in [2.05, 4.69) is 0 Å². The summed E-state index contributed by atoms with van der Waals surface area (Å²) in [4.78, 5) is 21.8. The molecule has 9 heteroatoms. The van der Waals surface area contributed by atoms with Crippen molar-refractivity contribution in [3.8, 4) is 0 Å².